The summed E-state index contributed by atoms with van der Waals surface area (Å²) >= 11 is 0. The van der Waals surface area contributed by atoms with E-state index in [1.54, 1.807) is 25.3 Å². The first-order valence-corrected chi connectivity index (χ1v) is 11.4. The van der Waals surface area contributed by atoms with Gasteiger partial charge in [0.1, 0.15) is 17.3 Å². The molecule has 0 atom stereocenters. The molecule has 0 bridgehead atoms. The first-order chi connectivity index (χ1) is 15.5. The highest BCUT2D eigenvalue weighted by Crippen LogP contribution is 2.30. The predicted molar refractivity (Wildman–Crippen MR) is 128 cm³/mol. The van der Waals surface area contributed by atoms with Gasteiger partial charge in [0.15, 0.2) is 5.43 Å². The molecule has 1 aromatic heterocycles. The van der Waals surface area contributed by atoms with Crippen molar-refractivity contribution >= 4 is 10.9 Å². The minimum atomic E-state index is -0.526. The Hall–Kier alpha value is -2.86. The van der Waals surface area contributed by atoms with E-state index in [1.165, 1.54) is 6.07 Å². The van der Waals surface area contributed by atoms with Gasteiger partial charge in [-0.15, -0.1) is 0 Å². The van der Waals surface area contributed by atoms with Crippen molar-refractivity contribution in [3.8, 4) is 22.6 Å². The van der Waals surface area contributed by atoms with Crippen molar-refractivity contribution in [1.29, 1.82) is 0 Å². The number of rotatable bonds is 11. The van der Waals surface area contributed by atoms with Gasteiger partial charge in [-0.2, -0.15) is 0 Å². The number of halogens is 1. The Bertz CT molecular complexity index is 1090. The number of pyridine rings is 1. The second-order valence-electron chi connectivity index (χ2n) is 7.79. The molecule has 0 amide bonds. The van der Waals surface area contributed by atoms with Crippen LogP contribution in [-0.2, 0) is 6.54 Å². The SMILES string of the molecule is CCCOc1ccc(F)c2c(=O)c(-c3ccc(OC)cc3)cn(CCCN(CC)CC)c12. The molecule has 3 aromatic rings. The van der Waals surface area contributed by atoms with Gasteiger partial charge in [-0.3, -0.25) is 4.79 Å². The van der Waals surface area contributed by atoms with E-state index in [-0.39, 0.29) is 10.8 Å². The molecule has 0 aliphatic heterocycles. The summed E-state index contributed by atoms with van der Waals surface area (Å²) in [6, 6.07) is 10.2. The maximum absolute atomic E-state index is 15.0. The minimum absolute atomic E-state index is 0.0785. The number of hydrogen-bond acceptors (Lipinski definition) is 4. The standard InChI is InChI=1S/C26H33FN2O3/c1-5-17-32-23-14-13-22(27)24-25(23)29(16-8-15-28(6-2)7-3)18-21(26(24)30)19-9-11-20(31-4)12-10-19/h9-14,18H,5-8,15-17H2,1-4H3. The number of benzene rings is 2. The summed E-state index contributed by atoms with van der Waals surface area (Å²) in [5, 5.41) is 0.0785. The molecule has 32 heavy (non-hydrogen) atoms. The fraction of sp³-hybridized carbons (Fsp3) is 0.423. The van der Waals surface area contributed by atoms with Crippen LogP contribution in [0.3, 0.4) is 0 Å². The average Bonchev–Trinajstić information content (AvgIpc) is 2.82. The maximum Gasteiger partial charge on any atom is 0.200 e. The lowest BCUT2D eigenvalue weighted by atomic mass is 10.0. The van der Waals surface area contributed by atoms with Crippen LogP contribution in [0.1, 0.15) is 33.6 Å². The normalized spacial score (nSPS) is 11.3. The van der Waals surface area contributed by atoms with E-state index in [1.807, 2.05) is 29.8 Å². The van der Waals surface area contributed by atoms with Crippen LogP contribution in [0.5, 0.6) is 11.5 Å². The molecular weight excluding hydrogens is 407 g/mol. The number of hydrogen-bond donors (Lipinski definition) is 0. The lowest BCUT2D eigenvalue weighted by Gasteiger charge is -2.20. The molecule has 0 N–H and O–H groups in total. The number of nitrogens with zero attached hydrogens (tertiary/aromatic N) is 2. The van der Waals surface area contributed by atoms with E-state index in [9.17, 15) is 4.79 Å². The Balaban J connectivity index is 2.15. The zero-order chi connectivity index (χ0) is 23.1. The van der Waals surface area contributed by atoms with Gasteiger partial charge in [-0.25, -0.2) is 4.39 Å². The fourth-order valence-corrected chi connectivity index (χ4v) is 3.95. The summed E-state index contributed by atoms with van der Waals surface area (Å²) < 4.78 is 28.1. The number of ether oxygens (including phenoxy) is 2. The molecule has 172 valence electrons. The Kier molecular flexibility index (Phi) is 8.28. The third-order valence-electron chi connectivity index (χ3n) is 5.76. The summed E-state index contributed by atoms with van der Waals surface area (Å²) in [4.78, 5) is 15.8. The van der Waals surface area contributed by atoms with Crippen molar-refractivity contribution in [1.82, 2.24) is 9.47 Å². The smallest absolute Gasteiger partial charge is 0.200 e. The highest BCUT2D eigenvalue weighted by molar-refractivity contribution is 5.89. The largest absolute Gasteiger partial charge is 0.497 e. The number of aryl methyl sites for hydroxylation is 1. The Morgan fingerprint density at radius 3 is 2.38 bits per heavy atom. The Labute approximate surface area is 189 Å². The highest BCUT2D eigenvalue weighted by Gasteiger charge is 2.18. The van der Waals surface area contributed by atoms with E-state index in [2.05, 4.69) is 18.7 Å². The van der Waals surface area contributed by atoms with Crippen molar-refractivity contribution in [2.45, 2.75) is 40.2 Å². The molecule has 0 saturated carbocycles. The van der Waals surface area contributed by atoms with Gasteiger partial charge in [0, 0.05) is 18.3 Å². The van der Waals surface area contributed by atoms with Gasteiger partial charge in [0.2, 0.25) is 0 Å². The zero-order valence-corrected chi connectivity index (χ0v) is 19.5. The van der Waals surface area contributed by atoms with E-state index in [0.29, 0.717) is 35.7 Å². The Morgan fingerprint density at radius 1 is 1.03 bits per heavy atom. The van der Waals surface area contributed by atoms with E-state index in [0.717, 1.165) is 38.0 Å². The number of aromatic nitrogens is 1. The molecule has 0 radical (unpaired) electrons. The van der Waals surface area contributed by atoms with Crippen molar-refractivity contribution in [3.63, 3.8) is 0 Å². The summed E-state index contributed by atoms with van der Waals surface area (Å²) in [6.45, 7) is 10.4. The van der Waals surface area contributed by atoms with Crippen LogP contribution in [0, 0.1) is 5.82 Å². The summed E-state index contributed by atoms with van der Waals surface area (Å²) in [6.07, 6.45) is 3.55. The molecule has 0 fully saturated rings. The molecule has 0 spiro atoms. The minimum Gasteiger partial charge on any atom is -0.497 e. The van der Waals surface area contributed by atoms with Gasteiger partial charge >= 0.3 is 0 Å². The summed E-state index contributed by atoms with van der Waals surface area (Å²) in [7, 11) is 1.60. The molecule has 1 heterocycles. The van der Waals surface area contributed by atoms with Crippen LogP contribution in [-0.4, -0.2) is 42.8 Å². The number of methoxy groups -OCH3 is 1. The van der Waals surface area contributed by atoms with Crippen LogP contribution in [0.25, 0.3) is 22.0 Å². The zero-order valence-electron chi connectivity index (χ0n) is 19.5. The van der Waals surface area contributed by atoms with Gasteiger partial charge in [0.25, 0.3) is 0 Å². The molecule has 5 nitrogen and oxygen atoms in total. The van der Waals surface area contributed by atoms with E-state index in [4.69, 9.17) is 9.47 Å². The molecular formula is C26H33FN2O3. The fourth-order valence-electron chi connectivity index (χ4n) is 3.95. The first kappa shape index (κ1) is 23.8. The second kappa shape index (κ2) is 11.1. The first-order valence-electron chi connectivity index (χ1n) is 11.4. The van der Waals surface area contributed by atoms with Crippen molar-refractivity contribution in [2.24, 2.45) is 0 Å². The van der Waals surface area contributed by atoms with Crippen LogP contribution >= 0.6 is 0 Å². The average molecular weight is 441 g/mol. The third-order valence-corrected chi connectivity index (χ3v) is 5.76. The van der Waals surface area contributed by atoms with E-state index < -0.39 is 5.82 Å². The number of fused-ring (bicyclic) bond motifs is 1. The van der Waals surface area contributed by atoms with Crippen LogP contribution in [0.2, 0.25) is 0 Å². The van der Waals surface area contributed by atoms with Crippen molar-refractivity contribution in [2.75, 3.05) is 33.4 Å². The Morgan fingerprint density at radius 2 is 1.75 bits per heavy atom. The lowest BCUT2D eigenvalue weighted by Crippen LogP contribution is -2.25. The van der Waals surface area contributed by atoms with Gasteiger partial charge in [-0.05, 0) is 62.3 Å². The molecule has 0 saturated heterocycles. The lowest BCUT2D eigenvalue weighted by molar-refractivity contribution is 0.293. The molecule has 0 unspecified atom stereocenters. The highest BCUT2D eigenvalue weighted by atomic mass is 19.1. The molecule has 0 aliphatic carbocycles. The topological polar surface area (TPSA) is 43.7 Å². The maximum atomic E-state index is 15.0. The van der Waals surface area contributed by atoms with Crippen LogP contribution in [0.4, 0.5) is 4.39 Å². The third kappa shape index (κ3) is 5.13. The van der Waals surface area contributed by atoms with Gasteiger partial charge in [0.05, 0.1) is 24.6 Å². The summed E-state index contributed by atoms with van der Waals surface area (Å²) in [5.41, 5.74) is 1.40. The van der Waals surface area contributed by atoms with Crippen LogP contribution in [0.15, 0.2) is 47.4 Å². The molecule has 2 aromatic carbocycles. The predicted octanol–water partition coefficient (Wildman–Crippen LogP) is 5.34. The molecule has 0 aliphatic rings. The van der Waals surface area contributed by atoms with Crippen molar-refractivity contribution < 1.29 is 13.9 Å². The van der Waals surface area contributed by atoms with Gasteiger partial charge < -0.3 is 18.9 Å². The van der Waals surface area contributed by atoms with Crippen LogP contribution < -0.4 is 14.9 Å². The quantitative estimate of drug-likeness (QED) is 0.404. The summed E-state index contributed by atoms with van der Waals surface area (Å²) in [5.74, 6) is 0.724. The van der Waals surface area contributed by atoms with Gasteiger partial charge in [-0.1, -0.05) is 32.9 Å². The monoisotopic (exact) mass is 440 g/mol. The van der Waals surface area contributed by atoms with Crippen molar-refractivity contribution in [3.05, 3.63) is 58.6 Å². The second-order valence-corrected chi connectivity index (χ2v) is 7.79. The van der Waals surface area contributed by atoms with E-state index >= 15 is 4.39 Å². The molecule has 6 heteroatoms. The molecule has 3 rings (SSSR count).